The molecule has 24 heavy (non-hydrogen) atoms. The lowest BCUT2D eigenvalue weighted by atomic mass is 10.2. The lowest BCUT2D eigenvalue weighted by Crippen LogP contribution is -2.16. The molecule has 0 unspecified atom stereocenters. The number of alkyl halides is 3. The minimum absolute atomic E-state index is 0.0639. The van der Waals surface area contributed by atoms with Crippen molar-refractivity contribution in [1.29, 1.82) is 0 Å². The molecule has 0 aliphatic heterocycles. The summed E-state index contributed by atoms with van der Waals surface area (Å²) in [6, 6.07) is 9.64. The summed E-state index contributed by atoms with van der Waals surface area (Å²) < 4.78 is 39.7. The zero-order chi connectivity index (χ0) is 17.2. The smallest absolute Gasteiger partial charge is 0.301 e. The van der Waals surface area contributed by atoms with Crippen LogP contribution < -0.4 is 5.56 Å². The molecule has 5 nitrogen and oxygen atoms in total. The monoisotopic (exact) mass is 352 g/mol. The first kappa shape index (κ1) is 16.3. The Balaban J connectivity index is 1.72. The Bertz CT molecular complexity index is 873. The first-order valence-corrected chi connectivity index (χ1v) is 7.81. The Labute approximate surface area is 138 Å². The fourth-order valence-corrected chi connectivity index (χ4v) is 2.80. The highest BCUT2D eigenvalue weighted by atomic mass is 32.2. The zero-order valence-corrected chi connectivity index (χ0v) is 12.9. The van der Waals surface area contributed by atoms with Crippen LogP contribution in [-0.2, 0) is 11.9 Å². The van der Waals surface area contributed by atoms with Gasteiger partial charge in [-0.2, -0.15) is 18.3 Å². The van der Waals surface area contributed by atoms with E-state index < -0.39 is 17.4 Å². The molecule has 0 amide bonds. The third-order valence-corrected chi connectivity index (χ3v) is 4.04. The summed E-state index contributed by atoms with van der Waals surface area (Å²) >= 11 is 1.03. The molecule has 1 aromatic carbocycles. The van der Waals surface area contributed by atoms with Gasteiger partial charge in [0, 0.05) is 24.2 Å². The second kappa shape index (κ2) is 6.52. The van der Waals surface area contributed by atoms with E-state index in [1.54, 1.807) is 23.1 Å². The second-order valence-electron chi connectivity index (χ2n) is 4.84. The molecule has 0 saturated heterocycles. The highest BCUT2D eigenvalue weighted by Crippen LogP contribution is 2.28. The Kier molecular flexibility index (Phi) is 4.43. The standard InChI is InChI=1S/C15H11F3N4OS/c16-15(17,18)12-8-13(23)21-14(20-12)24-9-10-2-4-11(5-3-10)22-7-1-6-19-22/h1-8H,9H2,(H,20,21,23). The van der Waals surface area contributed by atoms with E-state index >= 15 is 0 Å². The van der Waals surface area contributed by atoms with E-state index in [0.717, 1.165) is 23.0 Å². The molecule has 2 heterocycles. The van der Waals surface area contributed by atoms with E-state index in [1.807, 2.05) is 24.3 Å². The van der Waals surface area contributed by atoms with E-state index in [9.17, 15) is 18.0 Å². The second-order valence-corrected chi connectivity index (χ2v) is 5.80. The van der Waals surface area contributed by atoms with Crippen LogP contribution >= 0.6 is 11.8 Å². The molecule has 1 N–H and O–H groups in total. The number of hydrogen-bond acceptors (Lipinski definition) is 4. The van der Waals surface area contributed by atoms with E-state index in [1.165, 1.54) is 0 Å². The normalized spacial score (nSPS) is 11.6. The van der Waals surface area contributed by atoms with E-state index in [0.29, 0.717) is 11.8 Å². The molecule has 2 aromatic heterocycles. The van der Waals surface area contributed by atoms with Crippen molar-refractivity contribution in [1.82, 2.24) is 19.7 Å². The number of H-pyrrole nitrogens is 1. The van der Waals surface area contributed by atoms with Crippen molar-refractivity contribution in [2.24, 2.45) is 0 Å². The van der Waals surface area contributed by atoms with Crippen LogP contribution in [0.15, 0.2) is 58.7 Å². The molecule has 0 aliphatic carbocycles. The molecule has 3 aromatic rings. The van der Waals surface area contributed by atoms with Crippen LogP contribution in [0.25, 0.3) is 5.69 Å². The zero-order valence-electron chi connectivity index (χ0n) is 12.1. The molecule has 9 heteroatoms. The van der Waals surface area contributed by atoms with Crippen molar-refractivity contribution in [2.75, 3.05) is 0 Å². The molecule has 124 valence electrons. The van der Waals surface area contributed by atoms with Crippen LogP contribution in [0, 0.1) is 0 Å². The van der Waals surface area contributed by atoms with Gasteiger partial charge in [-0.25, -0.2) is 9.67 Å². The fraction of sp³-hybridized carbons (Fsp3) is 0.133. The highest BCUT2D eigenvalue weighted by Gasteiger charge is 2.33. The summed E-state index contributed by atoms with van der Waals surface area (Å²) in [5, 5.41) is 4.04. The maximum Gasteiger partial charge on any atom is 0.433 e. The van der Waals surface area contributed by atoms with Crippen molar-refractivity contribution < 1.29 is 13.2 Å². The summed E-state index contributed by atoms with van der Waals surface area (Å²) in [6.45, 7) is 0. The van der Waals surface area contributed by atoms with Gasteiger partial charge in [-0.05, 0) is 23.8 Å². The number of rotatable bonds is 4. The Hall–Kier alpha value is -2.55. The van der Waals surface area contributed by atoms with Crippen molar-refractivity contribution in [2.45, 2.75) is 17.1 Å². The van der Waals surface area contributed by atoms with Crippen LogP contribution in [0.5, 0.6) is 0 Å². The number of nitrogens with one attached hydrogen (secondary N) is 1. The fourth-order valence-electron chi connectivity index (χ4n) is 1.97. The van der Waals surface area contributed by atoms with E-state index in [2.05, 4.69) is 15.1 Å². The molecule has 0 saturated carbocycles. The first-order chi connectivity index (χ1) is 11.4. The summed E-state index contributed by atoms with van der Waals surface area (Å²) in [5.74, 6) is 0.379. The number of thioether (sulfide) groups is 1. The topological polar surface area (TPSA) is 63.6 Å². The van der Waals surface area contributed by atoms with E-state index in [-0.39, 0.29) is 5.16 Å². The maximum absolute atomic E-state index is 12.7. The van der Waals surface area contributed by atoms with Gasteiger partial charge in [0.2, 0.25) is 0 Å². The molecular formula is C15H11F3N4OS. The van der Waals surface area contributed by atoms with Crippen LogP contribution in [0.2, 0.25) is 0 Å². The first-order valence-electron chi connectivity index (χ1n) is 6.82. The molecule has 0 spiro atoms. The number of hydrogen-bond donors (Lipinski definition) is 1. The lowest BCUT2D eigenvalue weighted by molar-refractivity contribution is -0.141. The summed E-state index contributed by atoms with van der Waals surface area (Å²) in [6.07, 6.45) is -1.17. The van der Waals surface area contributed by atoms with Gasteiger partial charge in [0.05, 0.1) is 5.69 Å². The number of aromatic amines is 1. The van der Waals surface area contributed by atoms with Crippen molar-refractivity contribution in [3.05, 3.63) is 70.4 Å². The molecule has 0 bridgehead atoms. The van der Waals surface area contributed by atoms with Crippen molar-refractivity contribution in [3.63, 3.8) is 0 Å². The summed E-state index contributed by atoms with van der Waals surface area (Å²) in [7, 11) is 0. The Morgan fingerprint density at radius 3 is 2.58 bits per heavy atom. The number of benzene rings is 1. The minimum Gasteiger partial charge on any atom is -0.301 e. The average Bonchev–Trinajstić information content (AvgIpc) is 3.06. The summed E-state index contributed by atoms with van der Waals surface area (Å²) in [4.78, 5) is 17.1. The predicted octanol–water partition coefficient (Wildman–Crippen LogP) is 3.27. The molecule has 0 aliphatic rings. The molecule has 0 radical (unpaired) electrons. The maximum atomic E-state index is 12.7. The van der Waals surface area contributed by atoms with Crippen molar-refractivity contribution >= 4 is 11.8 Å². The minimum atomic E-state index is -4.64. The van der Waals surface area contributed by atoms with Crippen LogP contribution in [0.4, 0.5) is 13.2 Å². The van der Waals surface area contributed by atoms with Crippen molar-refractivity contribution in [3.8, 4) is 5.69 Å². The number of halogens is 3. The number of aromatic nitrogens is 4. The summed E-state index contributed by atoms with van der Waals surface area (Å²) in [5.41, 5.74) is -0.257. The third-order valence-electron chi connectivity index (χ3n) is 3.09. The largest absolute Gasteiger partial charge is 0.433 e. The van der Waals surface area contributed by atoms with Gasteiger partial charge in [-0.3, -0.25) is 4.79 Å². The molecule has 0 atom stereocenters. The highest BCUT2D eigenvalue weighted by molar-refractivity contribution is 7.98. The van der Waals surface area contributed by atoms with Gasteiger partial charge in [0.1, 0.15) is 0 Å². The van der Waals surface area contributed by atoms with Gasteiger partial charge in [-0.1, -0.05) is 23.9 Å². The van der Waals surface area contributed by atoms with Crippen LogP contribution in [0.1, 0.15) is 11.3 Å². The van der Waals surface area contributed by atoms with Crippen LogP contribution in [0.3, 0.4) is 0 Å². The van der Waals surface area contributed by atoms with Crippen LogP contribution in [-0.4, -0.2) is 19.7 Å². The molecular weight excluding hydrogens is 341 g/mol. The SMILES string of the molecule is O=c1cc(C(F)(F)F)nc(SCc2ccc(-n3cccn3)cc2)[nH]1. The van der Waals surface area contributed by atoms with Gasteiger partial charge in [-0.15, -0.1) is 0 Å². The Morgan fingerprint density at radius 2 is 1.96 bits per heavy atom. The van der Waals surface area contributed by atoms with Gasteiger partial charge in [0.25, 0.3) is 5.56 Å². The molecule has 3 rings (SSSR count). The van der Waals surface area contributed by atoms with Gasteiger partial charge >= 0.3 is 6.18 Å². The average molecular weight is 352 g/mol. The quantitative estimate of drug-likeness (QED) is 0.578. The lowest BCUT2D eigenvalue weighted by Gasteiger charge is -2.07. The van der Waals surface area contributed by atoms with E-state index in [4.69, 9.17) is 0 Å². The predicted molar refractivity (Wildman–Crippen MR) is 83.0 cm³/mol. The third kappa shape index (κ3) is 3.85. The number of nitrogens with zero attached hydrogens (tertiary/aromatic N) is 3. The van der Waals surface area contributed by atoms with Gasteiger partial charge < -0.3 is 4.98 Å². The van der Waals surface area contributed by atoms with Gasteiger partial charge in [0.15, 0.2) is 10.9 Å². The Morgan fingerprint density at radius 1 is 1.21 bits per heavy atom. The molecule has 0 fully saturated rings.